The summed E-state index contributed by atoms with van der Waals surface area (Å²) in [7, 11) is 0. The molecular formula is C11H9N5O2. The molecule has 0 saturated carbocycles. The van der Waals surface area contributed by atoms with Gasteiger partial charge >= 0.3 is 5.69 Å². The first-order valence-corrected chi connectivity index (χ1v) is 5.29. The molecule has 0 bridgehead atoms. The molecule has 90 valence electrons. The number of imidazole rings is 1. The highest BCUT2D eigenvalue weighted by molar-refractivity contribution is 5.74. The Hall–Kier alpha value is -2.70. The van der Waals surface area contributed by atoms with Crippen LogP contribution in [0.1, 0.15) is 5.69 Å². The van der Waals surface area contributed by atoms with E-state index in [0.717, 1.165) is 11.3 Å². The van der Waals surface area contributed by atoms with Gasteiger partial charge in [0.15, 0.2) is 5.65 Å². The predicted molar refractivity (Wildman–Crippen MR) is 65.3 cm³/mol. The summed E-state index contributed by atoms with van der Waals surface area (Å²) < 4.78 is 0. The molecule has 18 heavy (non-hydrogen) atoms. The molecule has 0 amide bonds. The topological polar surface area (TPSA) is 107 Å². The molecule has 7 nitrogen and oxygen atoms in total. The van der Waals surface area contributed by atoms with Crippen molar-refractivity contribution in [2.75, 3.05) is 0 Å². The fraction of sp³-hybridized carbons (Fsp3) is 0.0909. The van der Waals surface area contributed by atoms with Crippen molar-refractivity contribution in [3.63, 3.8) is 0 Å². The molecule has 3 rings (SSSR count). The third-order valence-corrected chi connectivity index (χ3v) is 2.57. The van der Waals surface area contributed by atoms with Crippen molar-refractivity contribution in [1.82, 2.24) is 24.9 Å². The van der Waals surface area contributed by atoms with Gasteiger partial charge in [0.1, 0.15) is 11.3 Å². The lowest BCUT2D eigenvalue weighted by Crippen LogP contribution is -2.21. The van der Waals surface area contributed by atoms with E-state index in [0.29, 0.717) is 5.82 Å². The molecule has 3 N–H and O–H groups in total. The van der Waals surface area contributed by atoms with Crippen LogP contribution in [0.5, 0.6) is 0 Å². The van der Waals surface area contributed by atoms with Gasteiger partial charge in [-0.15, -0.1) is 0 Å². The van der Waals surface area contributed by atoms with Gasteiger partial charge in [-0.25, -0.2) is 9.78 Å². The second kappa shape index (κ2) is 3.66. The minimum absolute atomic E-state index is 0.235. The summed E-state index contributed by atoms with van der Waals surface area (Å²) in [6.45, 7) is 1.88. The Morgan fingerprint density at radius 1 is 1.11 bits per heavy atom. The van der Waals surface area contributed by atoms with Gasteiger partial charge in [0.2, 0.25) is 0 Å². The molecule has 0 aliphatic heterocycles. The summed E-state index contributed by atoms with van der Waals surface area (Å²) in [5.41, 5.74) is 1.04. The molecule has 0 fully saturated rings. The van der Waals surface area contributed by atoms with E-state index in [9.17, 15) is 9.59 Å². The van der Waals surface area contributed by atoms with Crippen LogP contribution in [0.4, 0.5) is 0 Å². The zero-order valence-corrected chi connectivity index (χ0v) is 9.44. The average molecular weight is 243 g/mol. The highest BCUT2D eigenvalue weighted by Gasteiger charge is 2.09. The summed E-state index contributed by atoms with van der Waals surface area (Å²) in [4.78, 5) is 38.4. The molecule has 3 heterocycles. The smallest absolute Gasteiger partial charge is 0.327 e. The van der Waals surface area contributed by atoms with Gasteiger partial charge in [0, 0.05) is 17.5 Å². The van der Waals surface area contributed by atoms with Gasteiger partial charge in [0.25, 0.3) is 5.56 Å². The van der Waals surface area contributed by atoms with Gasteiger partial charge in [-0.2, -0.15) is 0 Å². The van der Waals surface area contributed by atoms with Crippen LogP contribution in [0.25, 0.3) is 22.6 Å². The first-order valence-electron chi connectivity index (χ1n) is 5.29. The summed E-state index contributed by atoms with van der Waals surface area (Å²) in [6.07, 6.45) is 1.65. The number of hydrogen-bond acceptors (Lipinski definition) is 4. The number of pyridine rings is 1. The lowest BCUT2D eigenvalue weighted by atomic mass is 10.2. The molecule has 0 saturated heterocycles. The highest BCUT2D eigenvalue weighted by atomic mass is 16.2. The van der Waals surface area contributed by atoms with Crippen molar-refractivity contribution in [2.45, 2.75) is 6.92 Å². The lowest BCUT2D eigenvalue weighted by molar-refractivity contribution is 1.07. The van der Waals surface area contributed by atoms with Crippen LogP contribution in [0.15, 0.2) is 27.9 Å². The van der Waals surface area contributed by atoms with Crippen LogP contribution in [0.3, 0.4) is 0 Å². The van der Waals surface area contributed by atoms with E-state index < -0.39 is 11.2 Å². The maximum Gasteiger partial charge on any atom is 0.327 e. The molecule has 0 atom stereocenters. The Morgan fingerprint density at radius 2 is 1.94 bits per heavy atom. The Labute approximate surface area is 99.9 Å². The minimum atomic E-state index is -0.576. The largest absolute Gasteiger partial charge is 0.332 e. The molecule has 0 aromatic carbocycles. The number of aromatic nitrogens is 5. The standard InChI is InChI=1S/C11H9N5O2/c1-5-2-3-6(4-12-5)8-13-7-9(14-8)15-11(18)16-10(7)17/h2-4H,1H3,(H3,13,14,15,16,17,18). The van der Waals surface area contributed by atoms with E-state index in [2.05, 4.69) is 24.9 Å². The number of aryl methyl sites for hydroxylation is 1. The molecule has 0 unspecified atom stereocenters. The third kappa shape index (κ3) is 1.61. The van der Waals surface area contributed by atoms with Crippen LogP contribution in [-0.4, -0.2) is 24.9 Å². The Bertz CT molecular complexity index is 825. The SMILES string of the molecule is Cc1ccc(-c2nc3[nH]c(=O)[nH]c(=O)c3[nH]2)cn1. The van der Waals surface area contributed by atoms with Crippen LogP contribution in [0.2, 0.25) is 0 Å². The summed E-state index contributed by atoms with van der Waals surface area (Å²) >= 11 is 0. The van der Waals surface area contributed by atoms with Crippen LogP contribution >= 0.6 is 0 Å². The van der Waals surface area contributed by atoms with E-state index in [1.54, 1.807) is 6.20 Å². The quantitative estimate of drug-likeness (QED) is 0.571. The molecule has 0 aliphatic rings. The summed E-state index contributed by atoms with van der Waals surface area (Å²) in [6, 6.07) is 3.68. The first-order chi connectivity index (χ1) is 8.63. The second-order valence-electron chi connectivity index (χ2n) is 3.91. The van der Waals surface area contributed by atoms with Crippen molar-refractivity contribution in [3.8, 4) is 11.4 Å². The summed E-state index contributed by atoms with van der Waals surface area (Å²) in [5.74, 6) is 0.491. The number of H-pyrrole nitrogens is 3. The van der Waals surface area contributed by atoms with E-state index in [4.69, 9.17) is 0 Å². The maximum absolute atomic E-state index is 11.5. The molecule has 3 aromatic rings. The van der Waals surface area contributed by atoms with Crippen LogP contribution in [-0.2, 0) is 0 Å². The lowest BCUT2D eigenvalue weighted by Gasteiger charge is -1.95. The molecule has 3 aromatic heterocycles. The van der Waals surface area contributed by atoms with Crippen LogP contribution in [0, 0.1) is 6.92 Å². The zero-order chi connectivity index (χ0) is 12.7. The normalized spacial score (nSPS) is 10.9. The van der Waals surface area contributed by atoms with Gasteiger partial charge in [-0.05, 0) is 19.1 Å². The minimum Gasteiger partial charge on any atom is -0.332 e. The number of nitrogens with zero attached hydrogens (tertiary/aromatic N) is 2. The number of nitrogens with one attached hydrogen (secondary N) is 3. The van der Waals surface area contributed by atoms with Gasteiger partial charge < -0.3 is 4.98 Å². The number of aromatic amines is 3. The molecule has 0 spiro atoms. The molecule has 0 radical (unpaired) electrons. The van der Waals surface area contributed by atoms with Gasteiger partial charge in [0.05, 0.1) is 0 Å². The fourth-order valence-electron chi connectivity index (χ4n) is 1.68. The van der Waals surface area contributed by atoms with Gasteiger partial charge in [-0.3, -0.25) is 19.7 Å². The number of rotatable bonds is 1. The summed E-state index contributed by atoms with van der Waals surface area (Å²) in [5, 5.41) is 0. The Kier molecular flexibility index (Phi) is 2.12. The highest BCUT2D eigenvalue weighted by Crippen LogP contribution is 2.16. The fourth-order valence-corrected chi connectivity index (χ4v) is 1.68. The van der Waals surface area contributed by atoms with Crippen molar-refractivity contribution in [2.24, 2.45) is 0 Å². The van der Waals surface area contributed by atoms with E-state index in [-0.39, 0.29) is 11.2 Å². The van der Waals surface area contributed by atoms with Crippen molar-refractivity contribution >= 4 is 11.2 Å². The first kappa shape index (κ1) is 10.5. The zero-order valence-electron chi connectivity index (χ0n) is 9.44. The van der Waals surface area contributed by atoms with Crippen molar-refractivity contribution < 1.29 is 0 Å². The second-order valence-corrected chi connectivity index (χ2v) is 3.91. The number of hydrogen-bond donors (Lipinski definition) is 3. The van der Waals surface area contributed by atoms with Crippen molar-refractivity contribution in [1.29, 1.82) is 0 Å². The van der Waals surface area contributed by atoms with Gasteiger partial charge in [-0.1, -0.05) is 0 Å². The van der Waals surface area contributed by atoms with E-state index in [1.807, 2.05) is 19.1 Å². The monoisotopic (exact) mass is 243 g/mol. The van der Waals surface area contributed by atoms with E-state index in [1.165, 1.54) is 0 Å². The predicted octanol–water partition coefficient (Wildman–Crippen LogP) is 0.310. The maximum atomic E-state index is 11.5. The molecular weight excluding hydrogens is 234 g/mol. The third-order valence-electron chi connectivity index (χ3n) is 2.57. The molecule has 7 heteroatoms. The molecule has 0 aliphatic carbocycles. The number of fused-ring (bicyclic) bond motifs is 1. The van der Waals surface area contributed by atoms with E-state index >= 15 is 0 Å². The Morgan fingerprint density at radius 3 is 2.67 bits per heavy atom. The Balaban J connectivity index is 2.25. The van der Waals surface area contributed by atoms with Crippen molar-refractivity contribution in [3.05, 3.63) is 44.9 Å². The average Bonchev–Trinajstić information content (AvgIpc) is 2.74. The van der Waals surface area contributed by atoms with Crippen LogP contribution < -0.4 is 11.2 Å².